The minimum atomic E-state index is 0.738. The van der Waals surface area contributed by atoms with Gasteiger partial charge in [0.15, 0.2) is 0 Å². The molecular formula is C15H22BrNO. The molecule has 2 nitrogen and oxygen atoms in total. The SMILES string of the molecule is CCC1CCCCN1Cc1cc(Br)ccc1OC. The molecule has 1 fully saturated rings. The Balaban J connectivity index is 2.14. The predicted octanol–water partition coefficient (Wildman–Crippen LogP) is 4.22. The summed E-state index contributed by atoms with van der Waals surface area (Å²) in [7, 11) is 1.75. The Morgan fingerprint density at radius 2 is 2.22 bits per heavy atom. The van der Waals surface area contributed by atoms with Crippen LogP contribution in [0.5, 0.6) is 5.75 Å². The van der Waals surface area contributed by atoms with Crippen molar-refractivity contribution < 1.29 is 4.74 Å². The van der Waals surface area contributed by atoms with Crippen LogP contribution in [0.3, 0.4) is 0 Å². The molecule has 100 valence electrons. The van der Waals surface area contributed by atoms with Gasteiger partial charge in [-0.05, 0) is 44.0 Å². The zero-order valence-corrected chi connectivity index (χ0v) is 12.9. The molecule has 0 bridgehead atoms. The van der Waals surface area contributed by atoms with Crippen LogP contribution in [0, 0.1) is 0 Å². The monoisotopic (exact) mass is 311 g/mol. The summed E-state index contributed by atoms with van der Waals surface area (Å²) < 4.78 is 6.59. The molecule has 1 atom stereocenters. The van der Waals surface area contributed by atoms with Gasteiger partial charge >= 0.3 is 0 Å². The number of ether oxygens (including phenoxy) is 1. The van der Waals surface area contributed by atoms with Gasteiger partial charge in [0, 0.05) is 22.6 Å². The van der Waals surface area contributed by atoms with E-state index in [2.05, 4.69) is 33.8 Å². The summed E-state index contributed by atoms with van der Waals surface area (Å²) >= 11 is 3.55. The highest BCUT2D eigenvalue weighted by atomic mass is 79.9. The molecule has 1 aromatic rings. The number of benzene rings is 1. The van der Waals surface area contributed by atoms with Crippen LogP contribution in [-0.4, -0.2) is 24.6 Å². The zero-order chi connectivity index (χ0) is 13.0. The third-order valence-corrected chi connectivity index (χ3v) is 4.33. The van der Waals surface area contributed by atoms with Crippen LogP contribution in [0.1, 0.15) is 38.2 Å². The van der Waals surface area contributed by atoms with Gasteiger partial charge in [0.25, 0.3) is 0 Å². The lowest BCUT2D eigenvalue weighted by Gasteiger charge is -2.35. The molecular weight excluding hydrogens is 290 g/mol. The van der Waals surface area contributed by atoms with E-state index in [-0.39, 0.29) is 0 Å². The van der Waals surface area contributed by atoms with Gasteiger partial charge < -0.3 is 4.74 Å². The van der Waals surface area contributed by atoms with Crippen LogP contribution >= 0.6 is 15.9 Å². The Bertz CT molecular complexity index is 394. The Labute approximate surface area is 118 Å². The lowest BCUT2D eigenvalue weighted by molar-refractivity contribution is 0.135. The lowest BCUT2D eigenvalue weighted by atomic mass is 9.99. The molecule has 0 spiro atoms. The van der Waals surface area contributed by atoms with E-state index in [4.69, 9.17) is 4.74 Å². The molecule has 0 aromatic heterocycles. The summed E-state index contributed by atoms with van der Waals surface area (Å²) in [6.45, 7) is 4.51. The van der Waals surface area contributed by atoms with Crippen LogP contribution in [0.4, 0.5) is 0 Å². The van der Waals surface area contributed by atoms with E-state index in [1.54, 1.807) is 7.11 Å². The predicted molar refractivity (Wildman–Crippen MR) is 79.0 cm³/mol. The van der Waals surface area contributed by atoms with Crippen molar-refractivity contribution in [3.8, 4) is 5.75 Å². The number of halogens is 1. The van der Waals surface area contributed by atoms with Gasteiger partial charge in [-0.1, -0.05) is 29.3 Å². The fourth-order valence-electron chi connectivity index (χ4n) is 2.82. The van der Waals surface area contributed by atoms with E-state index >= 15 is 0 Å². The van der Waals surface area contributed by atoms with Crippen LogP contribution in [-0.2, 0) is 6.54 Å². The van der Waals surface area contributed by atoms with Crippen molar-refractivity contribution in [2.75, 3.05) is 13.7 Å². The van der Waals surface area contributed by atoms with E-state index in [1.807, 2.05) is 12.1 Å². The van der Waals surface area contributed by atoms with E-state index < -0.39 is 0 Å². The normalized spacial score (nSPS) is 20.9. The van der Waals surface area contributed by atoms with Crippen molar-refractivity contribution in [1.82, 2.24) is 4.90 Å². The highest BCUT2D eigenvalue weighted by molar-refractivity contribution is 9.10. The third-order valence-electron chi connectivity index (χ3n) is 3.84. The van der Waals surface area contributed by atoms with Crippen LogP contribution in [0.15, 0.2) is 22.7 Å². The summed E-state index contributed by atoms with van der Waals surface area (Å²) in [6.07, 6.45) is 5.29. The summed E-state index contributed by atoms with van der Waals surface area (Å²) in [5.74, 6) is 0.999. The Morgan fingerprint density at radius 1 is 1.39 bits per heavy atom. The standard InChI is InChI=1S/C15H22BrNO/c1-3-14-6-4-5-9-17(14)11-12-10-13(16)7-8-15(12)18-2/h7-8,10,14H,3-6,9,11H2,1-2H3. The first-order valence-corrected chi connectivity index (χ1v) is 7.60. The molecule has 3 heteroatoms. The van der Waals surface area contributed by atoms with E-state index in [0.717, 1.165) is 22.8 Å². The van der Waals surface area contributed by atoms with Crippen LogP contribution in [0.2, 0.25) is 0 Å². The summed E-state index contributed by atoms with van der Waals surface area (Å²) in [6, 6.07) is 7.00. The molecule has 2 rings (SSSR count). The van der Waals surface area contributed by atoms with E-state index in [0.29, 0.717) is 0 Å². The van der Waals surface area contributed by atoms with Crippen molar-refractivity contribution in [2.45, 2.75) is 45.2 Å². The summed E-state index contributed by atoms with van der Waals surface area (Å²) in [5.41, 5.74) is 1.28. The molecule has 1 unspecified atom stereocenters. The second-order valence-corrected chi connectivity index (χ2v) is 5.90. The first-order chi connectivity index (χ1) is 8.74. The molecule has 0 amide bonds. The van der Waals surface area contributed by atoms with Crippen molar-refractivity contribution in [1.29, 1.82) is 0 Å². The molecule has 1 aliphatic heterocycles. The zero-order valence-electron chi connectivity index (χ0n) is 11.3. The van der Waals surface area contributed by atoms with Gasteiger partial charge in [0.2, 0.25) is 0 Å². The number of nitrogens with zero attached hydrogens (tertiary/aromatic N) is 1. The van der Waals surface area contributed by atoms with Gasteiger partial charge in [-0.25, -0.2) is 0 Å². The van der Waals surface area contributed by atoms with Crippen molar-refractivity contribution in [3.05, 3.63) is 28.2 Å². The number of piperidine rings is 1. The second-order valence-electron chi connectivity index (χ2n) is 4.98. The number of rotatable bonds is 4. The molecule has 0 saturated carbocycles. The fraction of sp³-hybridized carbons (Fsp3) is 0.600. The van der Waals surface area contributed by atoms with Crippen LogP contribution < -0.4 is 4.74 Å². The smallest absolute Gasteiger partial charge is 0.123 e. The molecule has 1 aliphatic rings. The number of hydrogen-bond donors (Lipinski definition) is 0. The van der Waals surface area contributed by atoms with Crippen molar-refractivity contribution in [2.24, 2.45) is 0 Å². The maximum absolute atomic E-state index is 5.46. The summed E-state index contributed by atoms with van der Waals surface area (Å²) in [4.78, 5) is 2.60. The molecule has 1 saturated heterocycles. The quantitative estimate of drug-likeness (QED) is 0.825. The van der Waals surface area contributed by atoms with Gasteiger partial charge in [0.05, 0.1) is 7.11 Å². The molecule has 0 aliphatic carbocycles. The Morgan fingerprint density at radius 3 is 2.94 bits per heavy atom. The van der Waals surface area contributed by atoms with E-state index in [1.165, 1.54) is 37.8 Å². The molecule has 18 heavy (non-hydrogen) atoms. The Kier molecular flexibility index (Phi) is 5.07. The fourth-order valence-corrected chi connectivity index (χ4v) is 3.23. The molecule has 0 N–H and O–H groups in total. The average Bonchev–Trinajstić information content (AvgIpc) is 2.40. The average molecular weight is 312 g/mol. The number of hydrogen-bond acceptors (Lipinski definition) is 2. The number of methoxy groups -OCH3 is 1. The topological polar surface area (TPSA) is 12.5 Å². The highest BCUT2D eigenvalue weighted by Crippen LogP contribution is 2.28. The maximum Gasteiger partial charge on any atom is 0.123 e. The largest absolute Gasteiger partial charge is 0.496 e. The minimum Gasteiger partial charge on any atom is -0.496 e. The second kappa shape index (κ2) is 6.58. The first kappa shape index (κ1) is 13.9. The van der Waals surface area contributed by atoms with Gasteiger partial charge in [-0.3, -0.25) is 4.90 Å². The molecule has 1 aromatic carbocycles. The third kappa shape index (κ3) is 3.27. The lowest BCUT2D eigenvalue weighted by Crippen LogP contribution is -2.38. The van der Waals surface area contributed by atoms with Crippen molar-refractivity contribution >= 4 is 15.9 Å². The Hall–Kier alpha value is -0.540. The number of likely N-dealkylation sites (tertiary alicyclic amines) is 1. The molecule has 0 radical (unpaired) electrons. The van der Waals surface area contributed by atoms with E-state index in [9.17, 15) is 0 Å². The molecule has 1 heterocycles. The van der Waals surface area contributed by atoms with Gasteiger partial charge in [-0.15, -0.1) is 0 Å². The highest BCUT2D eigenvalue weighted by Gasteiger charge is 2.21. The minimum absolute atomic E-state index is 0.738. The first-order valence-electron chi connectivity index (χ1n) is 6.81. The maximum atomic E-state index is 5.46. The van der Waals surface area contributed by atoms with Crippen molar-refractivity contribution in [3.63, 3.8) is 0 Å². The van der Waals surface area contributed by atoms with Gasteiger partial charge in [0.1, 0.15) is 5.75 Å². The van der Waals surface area contributed by atoms with Crippen LogP contribution in [0.25, 0.3) is 0 Å². The summed E-state index contributed by atoms with van der Waals surface area (Å²) in [5, 5.41) is 0. The van der Waals surface area contributed by atoms with Gasteiger partial charge in [-0.2, -0.15) is 0 Å².